The van der Waals surface area contributed by atoms with E-state index < -0.39 is 11.8 Å². The van der Waals surface area contributed by atoms with Gasteiger partial charge in [0.25, 0.3) is 11.8 Å². The van der Waals surface area contributed by atoms with Crippen LogP contribution in [-0.4, -0.2) is 41.5 Å². The van der Waals surface area contributed by atoms with Gasteiger partial charge in [-0.3, -0.25) is 4.79 Å². The highest BCUT2D eigenvalue weighted by molar-refractivity contribution is 5.98. The third-order valence-electron chi connectivity index (χ3n) is 5.68. The van der Waals surface area contributed by atoms with Crippen molar-refractivity contribution >= 4 is 29.0 Å². The number of hydrogen-bond acceptors (Lipinski definition) is 7. The first-order chi connectivity index (χ1) is 16.2. The zero-order chi connectivity index (χ0) is 24.5. The maximum Gasteiger partial charge on any atom is 0.272 e. The predicted octanol–water partition coefficient (Wildman–Crippen LogP) is 4.17. The molecule has 8 nitrogen and oxygen atoms in total. The number of anilines is 4. The normalized spacial score (nSPS) is 13.8. The number of halogens is 2. The van der Waals surface area contributed by atoms with Crippen LogP contribution in [0.5, 0.6) is 5.75 Å². The van der Waals surface area contributed by atoms with Crippen LogP contribution in [0.4, 0.5) is 31.9 Å². The molecule has 0 fully saturated rings. The number of hydrogen-bond donors (Lipinski definition) is 3. The van der Waals surface area contributed by atoms with Gasteiger partial charge in [-0.15, -0.1) is 0 Å². The maximum absolute atomic E-state index is 14.1. The fraction of sp³-hybridized carbons (Fsp3) is 0.292. The first kappa shape index (κ1) is 23.4. The number of methoxy groups -OCH3 is 1. The summed E-state index contributed by atoms with van der Waals surface area (Å²) in [5.41, 5.74) is 8.34. The van der Waals surface area contributed by atoms with Gasteiger partial charge in [0.1, 0.15) is 17.1 Å². The van der Waals surface area contributed by atoms with Crippen molar-refractivity contribution in [1.82, 2.24) is 14.9 Å². The van der Waals surface area contributed by atoms with E-state index in [1.807, 2.05) is 12.1 Å². The Labute approximate surface area is 196 Å². The summed E-state index contributed by atoms with van der Waals surface area (Å²) < 4.78 is 33.7. The first-order valence-corrected chi connectivity index (χ1v) is 10.7. The van der Waals surface area contributed by atoms with Crippen molar-refractivity contribution in [1.29, 1.82) is 0 Å². The Kier molecular flexibility index (Phi) is 6.34. The maximum atomic E-state index is 14.1. The fourth-order valence-electron chi connectivity index (χ4n) is 3.93. The van der Waals surface area contributed by atoms with Crippen molar-refractivity contribution in [3.05, 3.63) is 64.8 Å². The Morgan fingerprint density at radius 3 is 2.65 bits per heavy atom. The third kappa shape index (κ3) is 4.91. The molecular weight excluding hydrogens is 442 g/mol. The summed E-state index contributed by atoms with van der Waals surface area (Å²) in [7, 11) is 3.63. The van der Waals surface area contributed by atoms with Crippen molar-refractivity contribution in [3.63, 3.8) is 0 Å². The highest BCUT2D eigenvalue weighted by atomic mass is 19.3. The zero-order valence-corrected chi connectivity index (χ0v) is 19.2. The molecule has 0 saturated carbocycles. The molecule has 4 rings (SSSR count). The number of alkyl halides is 2. The highest BCUT2D eigenvalue weighted by Gasteiger charge is 2.28. The van der Waals surface area contributed by atoms with E-state index in [2.05, 4.69) is 32.5 Å². The number of fused-ring (bicyclic) bond motifs is 1. The number of para-hydroxylation sites is 1. The van der Waals surface area contributed by atoms with Crippen LogP contribution < -0.4 is 21.1 Å². The van der Waals surface area contributed by atoms with E-state index in [0.29, 0.717) is 11.4 Å². The number of likely N-dealkylation sites (N-methyl/N-ethyl adjacent to an activating group) is 1. The van der Waals surface area contributed by atoms with Crippen molar-refractivity contribution in [2.45, 2.75) is 25.8 Å². The minimum Gasteiger partial charge on any atom is -0.495 e. The lowest BCUT2D eigenvalue weighted by atomic mass is 9.99. The van der Waals surface area contributed by atoms with E-state index >= 15 is 0 Å². The Bertz CT molecular complexity index is 1230. The summed E-state index contributed by atoms with van der Waals surface area (Å²) in [6.07, 6.45) is 2.17. The van der Waals surface area contributed by atoms with E-state index in [1.54, 1.807) is 13.2 Å². The zero-order valence-electron chi connectivity index (χ0n) is 19.2. The average Bonchev–Trinajstić information content (AvgIpc) is 2.78. The van der Waals surface area contributed by atoms with Crippen LogP contribution in [0.15, 0.2) is 42.6 Å². The van der Waals surface area contributed by atoms with Crippen molar-refractivity contribution in [2.75, 3.05) is 31.3 Å². The molecule has 3 aromatic rings. The number of benzene rings is 2. The molecule has 4 N–H and O–H groups in total. The van der Waals surface area contributed by atoms with Gasteiger partial charge in [-0.2, -0.15) is 4.98 Å². The van der Waals surface area contributed by atoms with Gasteiger partial charge in [0.15, 0.2) is 0 Å². The number of nitrogens with zero attached hydrogens (tertiary/aromatic N) is 3. The average molecular weight is 469 g/mol. The molecule has 1 aliphatic rings. The second-order valence-corrected chi connectivity index (χ2v) is 8.31. The van der Waals surface area contributed by atoms with Gasteiger partial charge in [0, 0.05) is 37.5 Å². The van der Waals surface area contributed by atoms with E-state index in [-0.39, 0.29) is 28.6 Å². The van der Waals surface area contributed by atoms with Crippen molar-refractivity contribution in [3.8, 4) is 5.75 Å². The van der Waals surface area contributed by atoms with Gasteiger partial charge in [-0.05, 0) is 42.8 Å². The summed E-state index contributed by atoms with van der Waals surface area (Å²) in [4.78, 5) is 22.7. The number of aromatic nitrogens is 2. The van der Waals surface area contributed by atoms with Gasteiger partial charge in [-0.25, -0.2) is 13.8 Å². The Hall–Kier alpha value is -3.79. The number of carbonyl (C=O) groups excluding carboxylic acids is 1. The number of amides is 1. The molecule has 0 radical (unpaired) electrons. The van der Waals surface area contributed by atoms with E-state index in [9.17, 15) is 13.6 Å². The number of nitrogens with two attached hydrogens (primary N) is 1. The molecule has 0 spiro atoms. The lowest BCUT2D eigenvalue weighted by Gasteiger charge is -2.26. The second kappa shape index (κ2) is 9.22. The largest absolute Gasteiger partial charge is 0.495 e. The third-order valence-corrected chi connectivity index (χ3v) is 5.68. The molecule has 178 valence electrons. The standard InChI is InChI=1S/C24H26F2N6O2/c1-24(25,26)17-6-4-5-7-18(17)29-22-16(21(27)33)12-28-23(31-22)30-19-10-15-13-32(2)9-8-14(15)11-20(19)34-3/h4-7,10-12H,8-9,13H2,1-3H3,(H2,27,33)(H2,28,29,30,31). The van der Waals surface area contributed by atoms with Crippen LogP contribution in [0.1, 0.15) is 34.0 Å². The SMILES string of the molecule is COc1cc2c(cc1Nc1ncc(C(N)=O)c(Nc3ccccc3C(C)(F)F)n1)CN(C)CC2. The number of primary amides is 1. The molecule has 1 aromatic heterocycles. The molecular formula is C24H26F2N6O2. The minimum absolute atomic E-state index is 0.0124. The van der Waals surface area contributed by atoms with Crippen LogP contribution >= 0.6 is 0 Å². The lowest BCUT2D eigenvalue weighted by Crippen LogP contribution is -2.26. The van der Waals surface area contributed by atoms with Gasteiger partial charge in [0.2, 0.25) is 5.95 Å². The fourth-order valence-corrected chi connectivity index (χ4v) is 3.93. The predicted molar refractivity (Wildman–Crippen MR) is 126 cm³/mol. The summed E-state index contributed by atoms with van der Waals surface area (Å²) in [5, 5.41) is 5.95. The minimum atomic E-state index is -3.10. The van der Waals surface area contributed by atoms with Gasteiger partial charge < -0.3 is 26.0 Å². The number of ether oxygens (including phenoxy) is 1. The number of nitrogens with one attached hydrogen (secondary N) is 2. The molecule has 0 atom stereocenters. The Morgan fingerprint density at radius 2 is 1.94 bits per heavy atom. The number of carbonyl (C=O) groups is 1. The Balaban J connectivity index is 1.70. The topological polar surface area (TPSA) is 105 Å². The Morgan fingerprint density at radius 1 is 1.18 bits per heavy atom. The van der Waals surface area contributed by atoms with Gasteiger partial charge in [0.05, 0.1) is 12.8 Å². The summed E-state index contributed by atoms with van der Waals surface area (Å²) in [5.74, 6) is -3.11. The molecule has 1 aliphatic heterocycles. The summed E-state index contributed by atoms with van der Waals surface area (Å²) >= 11 is 0. The van der Waals surface area contributed by atoms with Crippen LogP contribution in [0, 0.1) is 0 Å². The molecule has 0 bridgehead atoms. The molecule has 0 aliphatic carbocycles. The quantitative estimate of drug-likeness (QED) is 0.478. The van der Waals surface area contributed by atoms with Crippen LogP contribution in [0.3, 0.4) is 0 Å². The highest BCUT2D eigenvalue weighted by Crippen LogP contribution is 2.36. The van der Waals surface area contributed by atoms with Gasteiger partial charge >= 0.3 is 0 Å². The first-order valence-electron chi connectivity index (χ1n) is 10.7. The smallest absolute Gasteiger partial charge is 0.272 e. The molecule has 0 saturated heterocycles. The summed E-state index contributed by atoms with van der Waals surface area (Å²) in [6, 6.07) is 9.88. The molecule has 2 aromatic carbocycles. The lowest BCUT2D eigenvalue weighted by molar-refractivity contribution is 0.0183. The molecule has 34 heavy (non-hydrogen) atoms. The molecule has 1 amide bonds. The van der Waals surface area contributed by atoms with Gasteiger partial charge in [-0.1, -0.05) is 18.2 Å². The number of rotatable bonds is 7. The van der Waals surface area contributed by atoms with E-state index in [4.69, 9.17) is 10.5 Å². The molecule has 10 heteroatoms. The van der Waals surface area contributed by atoms with Crippen LogP contribution in [-0.2, 0) is 18.9 Å². The van der Waals surface area contributed by atoms with Crippen molar-refractivity contribution < 1.29 is 18.3 Å². The van der Waals surface area contributed by atoms with E-state index in [1.165, 1.54) is 30.0 Å². The van der Waals surface area contributed by atoms with E-state index in [0.717, 1.165) is 32.0 Å². The van der Waals surface area contributed by atoms with Crippen LogP contribution in [0.25, 0.3) is 0 Å². The van der Waals surface area contributed by atoms with Crippen LogP contribution in [0.2, 0.25) is 0 Å². The van der Waals surface area contributed by atoms with Crippen molar-refractivity contribution in [2.24, 2.45) is 5.73 Å². The summed E-state index contributed by atoms with van der Waals surface area (Å²) in [6.45, 7) is 2.56. The molecule has 0 unspecified atom stereocenters. The monoisotopic (exact) mass is 468 g/mol. The second-order valence-electron chi connectivity index (χ2n) is 8.31. The molecule has 2 heterocycles.